The molecule has 0 aromatic carbocycles. The van der Waals surface area contributed by atoms with Crippen molar-refractivity contribution >= 4 is 16.9 Å². The van der Waals surface area contributed by atoms with Crippen LogP contribution < -0.4 is 10.5 Å². The maximum absolute atomic E-state index is 6.04. The molecule has 0 aliphatic carbocycles. The summed E-state index contributed by atoms with van der Waals surface area (Å²) in [5.41, 5.74) is 8.42. The Labute approximate surface area is 147 Å². The first-order valence-corrected chi connectivity index (χ1v) is 8.68. The second kappa shape index (κ2) is 7.46. The van der Waals surface area contributed by atoms with E-state index in [2.05, 4.69) is 26.7 Å². The molecule has 0 aliphatic heterocycles. The Balaban J connectivity index is 2.16. The van der Waals surface area contributed by atoms with E-state index in [1.165, 1.54) is 0 Å². The molecule has 0 atom stereocenters. The van der Waals surface area contributed by atoms with Crippen molar-refractivity contribution in [2.45, 2.75) is 52.7 Å². The normalized spacial score (nSPS) is 11.4. The van der Waals surface area contributed by atoms with Crippen molar-refractivity contribution in [3.8, 4) is 5.88 Å². The lowest BCUT2D eigenvalue weighted by Crippen LogP contribution is -2.12. The molecule has 3 aromatic heterocycles. The summed E-state index contributed by atoms with van der Waals surface area (Å²) in [5, 5.41) is 8.18. The molecular formula is C18H24N6O. The molecule has 2 N–H and O–H groups in total. The molecule has 25 heavy (non-hydrogen) atoms. The highest BCUT2D eigenvalue weighted by atomic mass is 16.5. The van der Waals surface area contributed by atoms with Crippen molar-refractivity contribution in [1.29, 1.82) is 0 Å². The average molecular weight is 340 g/mol. The summed E-state index contributed by atoms with van der Waals surface area (Å²) in [4.78, 5) is 9.18. The first-order valence-electron chi connectivity index (χ1n) is 8.68. The van der Waals surface area contributed by atoms with E-state index in [1.807, 2.05) is 32.0 Å². The van der Waals surface area contributed by atoms with Gasteiger partial charge in [-0.05, 0) is 32.4 Å². The van der Waals surface area contributed by atoms with Gasteiger partial charge in [-0.1, -0.05) is 19.4 Å². The monoisotopic (exact) mass is 340 g/mol. The average Bonchev–Trinajstić information content (AvgIpc) is 2.96. The Morgan fingerprint density at radius 2 is 2.08 bits per heavy atom. The first kappa shape index (κ1) is 17.1. The van der Waals surface area contributed by atoms with Crippen LogP contribution in [0, 0.1) is 0 Å². The zero-order valence-electron chi connectivity index (χ0n) is 14.9. The second-order valence-corrected chi connectivity index (χ2v) is 6.29. The molecule has 0 aliphatic rings. The molecule has 3 heterocycles. The fraction of sp³-hybridized carbons (Fsp3) is 0.444. The van der Waals surface area contributed by atoms with Crippen LogP contribution in [0.3, 0.4) is 0 Å². The molecule has 0 spiro atoms. The predicted octanol–water partition coefficient (Wildman–Crippen LogP) is 2.98. The highest BCUT2D eigenvalue weighted by Crippen LogP contribution is 2.29. The number of ether oxygens (including phenoxy) is 1. The molecule has 0 fully saturated rings. The summed E-state index contributed by atoms with van der Waals surface area (Å²) in [5.74, 6) is 1.74. The number of nitrogens with two attached hydrogens (primary N) is 1. The Bertz CT molecular complexity index is 844. The standard InChI is InChI=1S/C18H24N6O/c1-4-5-9-14-21-15-16(18(25-12(2)3)23-22-17(15)19)24(14)11-13-8-6-7-10-20-13/h6-8,10,12H,4-5,9,11H2,1-3H3,(H2,19,22). The summed E-state index contributed by atoms with van der Waals surface area (Å²) in [7, 11) is 0. The van der Waals surface area contributed by atoms with Crippen molar-refractivity contribution in [2.75, 3.05) is 5.73 Å². The van der Waals surface area contributed by atoms with Gasteiger partial charge in [-0.25, -0.2) is 4.98 Å². The van der Waals surface area contributed by atoms with Gasteiger partial charge in [0, 0.05) is 12.6 Å². The van der Waals surface area contributed by atoms with Crippen LogP contribution in [0.15, 0.2) is 24.4 Å². The molecule has 3 aromatic rings. The number of nitrogens with zero attached hydrogens (tertiary/aromatic N) is 5. The fourth-order valence-electron chi connectivity index (χ4n) is 2.74. The summed E-state index contributed by atoms with van der Waals surface area (Å²) in [6.45, 7) is 6.68. The number of hydrogen-bond donors (Lipinski definition) is 1. The van der Waals surface area contributed by atoms with Gasteiger partial charge in [-0.2, -0.15) is 0 Å². The second-order valence-electron chi connectivity index (χ2n) is 6.29. The lowest BCUT2D eigenvalue weighted by molar-refractivity contribution is 0.232. The molecule has 3 rings (SSSR count). The van der Waals surface area contributed by atoms with Crippen LogP contribution in [-0.2, 0) is 13.0 Å². The van der Waals surface area contributed by atoms with Crippen LogP contribution in [0.1, 0.15) is 45.1 Å². The molecule has 0 unspecified atom stereocenters. The van der Waals surface area contributed by atoms with Gasteiger partial charge in [0.05, 0.1) is 18.3 Å². The summed E-state index contributed by atoms with van der Waals surface area (Å²) < 4.78 is 7.98. The van der Waals surface area contributed by atoms with Crippen molar-refractivity contribution in [2.24, 2.45) is 0 Å². The van der Waals surface area contributed by atoms with Crippen molar-refractivity contribution in [1.82, 2.24) is 24.7 Å². The topological polar surface area (TPSA) is 91.7 Å². The fourth-order valence-corrected chi connectivity index (χ4v) is 2.74. The molecule has 0 saturated heterocycles. The third kappa shape index (κ3) is 3.70. The molecular weight excluding hydrogens is 316 g/mol. The number of nitrogen functional groups attached to an aromatic ring is 1. The number of fused-ring (bicyclic) bond motifs is 1. The maximum atomic E-state index is 6.04. The van der Waals surface area contributed by atoms with E-state index < -0.39 is 0 Å². The van der Waals surface area contributed by atoms with Gasteiger partial charge < -0.3 is 15.0 Å². The lowest BCUT2D eigenvalue weighted by Gasteiger charge is -2.13. The minimum Gasteiger partial charge on any atom is -0.472 e. The van der Waals surface area contributed by atoms with Crippen LogP contribution in [0.25, 0.3) is 11.0 Å². The van der Waals surface area contributed by atoms with Gasteiger partial charge in [0.1, 0.15) is 16.9 Å². The van der Waals surface area contributed by atoms with Crippen LogP contribution in [0.4, 0.5) is 5.82 Å². The molecule has 7 nitrogen and oxygen atoms in total. The van der Waals surface area contributed by atoms with Crippen LogP contribution >= 0.6 is 0 Å². The Kier molecular flexibility index (Phi) is 5.11. The number of rotatable bonds is 7. The smallest absolute Gasteiger partial charge is 0.260 e. The molecule has 0 radical (unpaired) electrons. The molecule has 0 amide bonds. The largest absolute Gasteiger partial charge is 0.472 e. The van der Waals surface area contributed by atoms with E-state index in [-0.39, 0.29) is 6.10 Å². The third-order valence-electron chi connectivity index (χ3n) is 3.89. The highest BCUT2D eigenvalue weighted by molar-refractivity contribution is 5.88. The van der Waals surface area contributed by atoms with E-state index in [4.69, 9.17) is 15.5 Å². The zero-order valence-corrected chi connectivity index (χ0v) is 14.9. The van der Waals surface area contributed by atoms with Crippen LogP contribution in [0.5, 0.6) is 5.88 Å². The number of hydrogen-bond acceptors (Lipinski definition) is 6. The van der Waals surface area contributed by atoms with Gasteiger partial charge in [0.25, 0.3) is 5.88 Å². The van der Waals surface area contributed by atoms with Crippen molar-refractivity contribution < 1.29 is 4.74 Å². The summed E-state index contributed by atoms with van der Waals surface area (Å²) >= 11 is 0. The number of aryl methyl sites for hydroxylation is 1. The van der Waals surface area contributed by atoms with Crippen LogP contribution in [-0.4, -0.2) is 30.8 Å². The number of pyridine rings is 1. The Morgan fingerprint density at radius 3 is 2.76 bits per heavy atom. The summed E-state index contributed by atoms with van der Waals surface area (Å²) in [6.07, 6.45) is 4.78. The van der Waals surface area contributed by atoms with Crippen molar-refractivity contribution in [3.63, 3.8) is 0 Å². The van der Waals surface area contributed by atoms with Gasteiger partial charge in [0.15, 0.2) is 5.82 Å². The number of aromatic nitrogens is 5. The molecule has 0 bridgehead atoms. The molecule has 7 heteroatoms. The number of imidazole rings is 1. The van der Waals surface area contributed by atoms with Crippen molar-refractivity contribution in [3.05, 3.63) is 35.9 Å². The van der Waals surface area contributed by atoms with Gasteiger partial charge >= 0.3 is 0 Å². The van der Waals surface area contributed by atoms with Gasteiger partial charge in [0.2, 0.25) is 0 Å². The SMILES string of the molecule is CCCCc1nc2c(N)nnc(OC(C)C)c2n1Cc1ccccn1. The van der Waals surface area contributed by atoms with Gasteiger partial charge in [-0.15, -0.1) is 10.2 Å². The minimum atomic E-state index is -0.0154. The van der Waals surface area contributed by atoms with E-state index in [1.54, 1.807) is 6.20 Å². The van der Waals surface area contributed by atoms with E-state index in [9.17, 15) is 0 Å². The Morgan fingerprint density at radius 1 is 1.24 bits per heavy atom. The predicted molar refractivity (Wildman–Crippen MR) is 97.5 cm³/mol. The first-order chi connectivity index (χ1) is 12.1. The van der Waals surface area contributed by atoms with Crippen LogP contribution in [0.2, 0.25) is 0 Å². The molecule has 132 valence electrons. The third-order valence-corrected chi connectivity index (χ3v) is 3.89. The number of unbranched alkanes of at least 4 members (excludes halogenated alkanes) is 1. The minimum absolute atomic E-state index is 0.0154. The van der Waals surface area contributed by atoms with E-state index in [0.29, 0.717) is 23.8 Å². The zero-order chi connectivity index (χ0) is 17.8. The summed E-state index contributed by atoms with van der Waals surface area (Å²) in [6, 6.07) is 5.88. The molecule has 0 saturated carbocycles. The number of anilines is 1. The maximum Gasteiger partial charge on any atom is 0.260 e. The van der Waals surface area contributed by atoms with E-state index >= 15 is 0 Å². The van der Waals surface area contributed by atoms with E-state index in [0.717, 1.165) is 36.3 Å². The Hall–Kier alpha value is -2.70. The highest BCUT2D eigenvalue weighted by Gasteiger charge is 2.20. The quantitative estimate of drug-likeness (QED) is 0.711. The van der Waals surface area contributed by atoms with Gasteiger partial charge in [-0.3, -0.25) is 4.98 Å². The lowest BCUT2D eigenvalue weighted by atomic mass is 10.2.